The van der Waals surface area contributed by atoms with E-state index >= 15 is 0 Å². The number of nitrogens with zero attached hydrogens (tertiary/aromatic N) is 5. The molecule has 0 aliphatic carbocycles. The Hall–Kier alpha value is -2.45. The Morgan fingerprint density at radius 3 is 2.33 bits per heavy atom. The lowest BCUT2D eigenvalue weighted by Crippen LogP contribution is -2.35. The van der Waals surface area contributed by atoms with Crippen LogP contribution in [-0.4, -0.2) is 52.5 Å². The van der Waals surface area contributed by atoms with Crippen LogP contribution in [0.2, 0.25) is 5.02 Å². The monoisotopic (exact) mass is 392 g/mol. The maximum atomic E-state index is 11.5. The van der Waals surface area contributed by atoms with Gasteiger partial charge in [-0.05, 0) is 44.3 Å². The number of anilines is 3. The topological polar surface area (TPSA) is 87.4 Å². The number of aromatic nitrogens is 2. The van der Waals surface area contributed by atoms with Crippen molar-refractivity contribution in [2.24, 2.45) is 0 Å². The first-order chi connectivity index (χ1) is 13.0. The summed E-state index contributed by atoms with van der Waals surface area (Å²) in [6.07, 6.45) is 1.25. The minimum atomic E-state index is -0.443. The third kappa shape index (κ3) is 5.77. The molecule has 1 aromatic carbocycles. The van der Waals surface area contributed by atoms with Crippen molar-refractivity contribution in [2.45, 2.75) is 20.8 Å². The first-order valence-corrected chi connectivity index (χ1v) is 9.37. The highest BCUT2D eigenvalue weighted by molar-refractivity contribution is 6.30. The fourth-order valence-corrected chi connectivity index (χ4v) is 2.79. The van der Waals surface area contributed by atoms with E-state index in [4.69, 9.17) is 11.6 Å². The van der Waals surface area contributed by atoms with Gasteiger partial charge in [-0.2, -0.15) is 4.98 Å². The summed E-state index contributed by atoms with van der Waals surface area (Å²) in [5.74, 6) is 0.625. The highest BCUT2D eigenvalue weighted by atomic mass is 35.5. The van der Waals surface area contributed by atoms with Crippen molar-refractivity contribution in [3.63, 3.8) is 0 Å². The molecule has 0 saturated heterocycles. The molecule has 0 atom stereocenters. The molecule has 0 saturated carbocycles. The molecule has 2 rings (SSSR count). The number of rotatable bonds is 10. The van der Waals surface area contributed by atoms with Gasteiger partial charge in [-0.15, -0.1) is 0 Å². The average Bonchev–Trinajstić information content (AvgIpc) is 2.67. The van der Waals surface area contributed by atoms with Crippen LogP contribution in [0.3, 0.4) is 0 Å². The van der Waals surface area contributed by atoms with Crippen LogP contribution in [0.25, 0.3) is 0 Å². The third-order valence-corrected chi connectivity index (χ3v) is 4.56. The van der Waals surface area contributed by atoms with E-state index < -0.39 is 4.92 Å². The molecule has 1 N–H and O–H groups in total. The summed E-state index contributed by atoms with van der Waals surface area (Å²) in [5.41, 5.74) is 0.656. The van der Waals surface area contributed by atoms with Crippen molar-refractivity contribution < 1.29 is 4.92 Å². The molecule has 1 aromatic heterocycles. The highest BCUT2D eigenvalue weighted by Crippen LogP contribution is 2.27. The number of likely N-dealkylation sites (N-methyl/N-ethyl adjacent to an activating group) is 2. The van der Waals surface area contributed by atoms with Gasteiger partial charge in [0, 0.05) is 30.3 Å². The zero-order valence-electron chi connectivity index (χ0n) is 15.9. The van der Waals surface area contributed by atoms with Gasteiger partial charge in [0.1, 0.15) is 6.20 Å². The van der Waals surface area contributed by atoms with Crippen molar-refractivity contribution in [1.82, 2.24) is 14.9 Å². The van der Waals surface area contributed by atoms with Gasteiger partial charge in [0.05, 0.1) is 4.92 Å². The van der Waals surface area contributed by atoms with Crippen LogP contribution < -0.4 is 10.2 Å². The molecule has 0 unspecified atom stereocenters. The number of nitro groups is 1. The largest absolute Gasteiger partial charge is 0.350 e. The summed E-state index contributed by atoms with van der Waals surface area (Å²) in [7, 11) is 0. The van der Waals surface area contributed by atoms with Gasteiger partial charge < -0.3 is 15.1 Å². The predicted octanol–water partition coefficient (Wildman–Crippen LogP) is 3.95. The Bertz CT molecular complexity index is 752. The zero-order chi connectivity index (χ0) is 19.8. The van der Waals surface area contributed by atoms with Crippen molar-refractivity contribution in [3.05, 3.63) is 45.6 Å². The van der Waals surface area contributed by atoms with Crippen LogP contribution in [0, 0.1) is 10.1 Å². The molecular weight excluding hydrogens is 368 g/mol. The summed E-state index contributed by atoms with van der Waals surface area (Å²) in [6, 6.07) is 7.09. The molecule has 0 aliphatic heterocycles. The SMILES string of the molecule is CCN(CC)CCN(CC)c1nc(Nc2ccc(Cl)cc2)ncc1[N+](=O)[O-]. The molecule has 0 bridgehead atoms. The molecule has 2 aromatic rings. The summed E-state index contributed by atoms with van der Waals surface area (Å²) in [4.78, 5) is 23.7. The van der Waals surface area contributed by atoms with Gasteiger partial charge in [-0.25, -0.2) is 4.98 Å². The lowest BCUT2D eigenvalue weighted by molar-refractivity contribution is -0.384. The van der Waals surface area contributed by atoms with E-state index in [1.165, 1.54) is 6.20 Å². The van der Waals surface area contributed by atoms with Crippen LogP contribution in [0.1, 0.15) is 20.8 Å². The van der Waals surface area contributed by atoms with E-state index in [2.05, 4.69) is 34.0 Å². The van der Waals surface area contributed by atoms with E-state index in [9.17, 15) is 10.1 Å². The summed E-state index contributed by atoms with van der Waals surface area (Å²) in [6.45, 7) is 10.1. The first kappa shape index (κ1) is 20.9. The molecule has 27 heavy (non-hydrogen) atoms. The Labute approximate surface area is 164 Å². The van der Waals surface area contributed by atoms with Gasteiger partial charge in [-0.1, -0.05) is 25.4 Å². The highest BCUT2D eigenvalue weighted by Gasteiger charge is 2.22. The minimum absolute atomic E-state index is 0.0990. The second kappa shape index (κ2) is 10.0. The van der Waals surface area contributed by atoms with Crippen molar-refractivity contribution >= 4 is 34.7 Å². The number of benzene rings is 1. The molecule has 0 spiro atoms. The van der Waals surface area contributed by atoms with Crippen molar-refractivity contribution in [2.75, 3.05) is 42.9 Å². The Balaban J connectivity index is 2.27. The van der Waals surface area contributed by atoms with Gasteiger partial charge >= 0.3 is 5.69 Å². The van der Waals surface area contributed by atoms with Crippen molar-refractivity contribution in [3.8, 4) is 0 Å². The van der Waals surface area contributed by atoms with E-state index in [0.717, 1.165) is 25.3 Å². The van der Waals surface area contributed by atoms with E-state index in [0.29, 0.717) is 29.9 Å². The Morgan fingerprint density at radius 1 is 1.11 bits per heavy atom. The predicted molar refractivity (Wildman–Crippen MR) is 109 cm³/mol. The van der Waals surface area contributed by atoms with E-state index in [-0.39, 0.29) is 5.69 Å². The summed E-state index contributed by atoms with van der Waals surface area (Å²) < 4.78 is 0. The maximum Gasteiger partial charge on any atom is 0.329 e. The van der Waals surface area contributed by atoms with Gasteiger partial charge in [0.2, 0.25) is 11.8 Å². The lowest BCUT2D eigenvalue weighted by atomic mass is 10.3. The standard InChI is InChI=1S/C18H25ClN6O2/c1-4-23(5-2)11-12-24(6-3)17-16(25(26)27)13-20-18(22-17)21-15-9-7-14(19)8-10-15/h7-10,13H,4-6,11-12H2,1-3H3,(H,20,21,22). The lowest BCUT2D eigenvalue weighted by Gasteiger charge is -2.26. The number of hydrogen-bond acceptors (Lipinski definition) is 7. The van der Waals surface area contributed by atoms with Gasteiger partial charge in [-0.3, -0.25) is 10.1 Å². The normalized spacial score (nSPS) is 10.9. The Morgan fingerprint density at radius 2 is 1.78 bits per heavy atom. The van der Waals surface area contributed by atoms with Crippen molar-refractivity contribution in [1.29, 1.82) is 0 Å². The fourth-order valence-electron chi connectivity index (χ4n) is 2.67. The summed E-state index contributed by atoms with van der Waals surface area (Å²) >= 11 is 5.90. The van der Waals surface area contributed by atoms with Crippen LogP contribution in [0.15, 0.2) is 30.5 Å². The Kier molecular flexibility index (Phi) is 7.75. The minimum Gasteiger partial charge on any atom is -0.350 e. The maximum absolute atomic E-state index is 11.5. The van der Waals surface area contributed by atoms with Gasteiger partial charge in [0.15, 0.2) is 0 Å². The first-order valence-electron chi connectivity index (χ1n) is 8.99. The van der Waals surface area contributed by atoms with Crippen LogP contribution in [0.4, 0.5) is 23.1 Å². The van der Waals surface area contributed by atoms with Crippen LogP contribution in [0.5, 0.6) is 0 Å². The average molecular weight is 393 g/mol. The van der Waals surface area contributed by atoms with Crippen LogP contribution in [-0.2, 0) is 0 Å². The summed E-state index contributed by atoms with van der Waals surface area (Å²) in [5, 5.41) is 15.1. The molecule has 9 heteroatoms. The fraction of sp³-hybridized carbons (Fsp3) is 0.444. The van der Waals surface area contributed by atoms with Gasteiger partial charge in [0.25, 0.3) is 0 Å². The molecule has 8 nitrogen and oxygen atoms in total. The second-order valence-corrected chi connectivity index (χ2v) is 6.33. The number of hydrogen-bond donors (Lipinski definition) is 1. The van der Waals surface area contributed by atoms with E-state index in [1.807, 2.05) is 11.8 Å². The second-order valence-electron chi connectivity index (χ2n) is 5.90. The molecule has 1 heterocycles. The molecule has 0 radical (unpaired) electrons. The van der Waals surface area contributed by atoms with E-state index in [1.54, 1.807) is 24.3 Å². The number of nitrogens with one attached hydrogen (secondary N) is 1. The third-order valence-electron chi connectivity index (χ3n) is 4.31. The molecule has 0 amide bonds. The molecule has 0 aliphatic rings. The molecular formula is C18H25ClN6O2. The smallest absolute Gasteiger partial charge is 0.329 e. The zero-order valence-corrected chi connectivity index (χ0v) is 16.6. The quantitative estimate of drug-likeness (QED) is 0.483. The molecule has 146 valence electrons. The number of halogens is 1. The molecule has 0 fully saturated rings. The van der Waals surface area contributed by atoms with Crippen LogP contribution >= 0.6 is 11.6 Å².